The van der Waals surface area contributed by atoms with Crippen LogP contribution >= 0.6 is 0 Å². The van der Waals surface area contributed by atoms with E-state index in [2.05, 4.69) is 0 Å². The molecule has 0 aliphatic heterocycles. The van der Waals surface area contributed by atoms with Crippen molar-refractivity contribution in [2.24, 2.45) is 5.92 Å². The second-order valence-corrected chi connectivity index (χ2v) is 5.50. The van der Waals surface area contributed by atoms with Crippen molar-refractivity contribution in [1.82, 2.24) is 10.4 Å². The van der Waals surface area contributed by atoms with Crippen molar-refractivity contribution in [1.29, 1.82) is 0 Å². The van der Waals surface area contributed by atoms with E-state index in [4.69, 9.17) is 15.1 Å². The second-order valence-electron chi connectivity index (χ2n) is 5.50. The van der Waals surface area contributed by atoms with E-state index in [1.54, 1.807) is 17.6 Å². The lowest BCUT2D eigenvalue weighted by molar-refractivity contribution is -0.135. The first-order valence-corrected chi connectivity index (χ1v) is 7.53. The Hall–Kier alpha value is -1.54. The highest BCUT2D eigenvalue weighted by molar-refractivity contribution is 5.77. The number of nitrogens with one attached hydrogen (secondary N) is 1. The number of ether oxygens (including phenoxy) is 1. The van der Waals surface area contributed by atoms with Gasteiger partial charge in [-0.25, -0.2) is 9.87 Å². The van der Waals surface area contributed by atoms with E-state index in [0.717, 1.165) is 5.56 Å². The average molecular weight is 328 g/mol. The molecule has 0 aliphatic carbocycles. The molecule has 0 saturated heterocycles. The van der Waals surface area contributed by atoms with Gasteiger partial charge in [0.25, 0.3) is 0 Å². The maximum atomic E-state index is 13.0. The van der Waals surface area contributed by atoms with Crippen molar-refractivity contribution in [2.45, 2.75) is 18.9 Å². The molecule has 0 radical (unpaired) electrons. The second kappa shape index (κ2) is 10.3. The summed E-state index contributed by atoms with van der Waals surface area (Å²) in [6, 6.07) is 5.93. The van der Waals surface area contributed by atoms with Crippen molar-refractivity contribution >= 4 is 5.91 Å². The number of carbonyl (C=O) groups is 1. The maximum absolute atomic E-state index is 13.0. The minimum atomic E-state index is -0.480. The Labute approximate surface area is 135 Å². The summed E-state index contributed by atoms with van der Waals surface area (Å²) < 4.78 is 18.4. The summed E-state index contributed by atoms with van der Waals surface area (Å²) in [6.45, 7) is 1.15. The van der Waals surface area contributed by atoms with Crippen molar-refractivity contribution in [3.8, 4) is 0 Å². The molecule has 0 spiro atoms. The number of methoxy groups -OCH3 is 1. The average Bonchev–Trinajstić information content (AvgIpc) is 2.55. The van der Waals surface area contributed by atoms with E-state index in [0.29, 0.717) is 25.9 Å². The fourth-order valence-electron chi connectivity index (χ4n) is 2.41. The van der Waals surface area contributed by atoms with Crippen LogP contribution in [0.5, 0.6) is 0 Å². The summed E-state index contributed by atoms with van der Waals surface area (Å²) in [5.74, 6) is -1.28. The molecule has 1 aromatic carbocycles. The Balaban J connectivity index is 2.73. The molecule has 130 valence electrons. The number of likely N-dealkylation sites (N-methyl/N-ethyl adjacent to an activating group) is 1. The Morgan fingerprint density at radius 2 is 2.00 bits per heavy atom. The lowest BCUT2D eigenvalue weighted by Crippen LogP contribution is -2.33. The van der Waals surface area contributed by atoms with Gasteiger partial charge in [0.15, 0.2) is 0 Å². The van der Waals surface area contributed by atoms with E-state index in [1.807, 2.05) is 11.9 Å². The minimum absolute atomic E-state index is 0.0453. The molecule has 23 heavy (non-hydrogen) atoms. The summed E-state index contributed by atoms with van der Waals surface area (Å²) >= 11 is 0. The van der Waals surface area contributed by atoms with Gasteiger partial charge < -0.3 is 14.7 Å². The molecule has 0 saturated carbocycles. The van der Waals surface area contributed by atoms with Gasteiger partial charge in [-0.2, -0.15) is 0 Å². The Morgan fingerprint density at radius 1 is 1.35 bits per heavy atom. The topological polar surface area (TPSA) is 82.0 Å². The molecule has 1 rings (SSSR count). The first-order valence-electron chi connectivity index (χ1n) is 7.53. The van der Waals surface area contributed by atoms with Crippen LogP contribution in [0.15, 0.2) is 24.3 Å². The predicted molar refractivity (Wildman–Crippen MR) is 83.4 cm³/mol. The third-order valence-electron chi connectivity index (χ3n) is 3.85. The highest BCUT2D eigenvalue weighted by Gasteiger charge is 2.24. The third-order valence-corrected chi connectivity index (χ3v) is 3.85. The highest BCUT2D eigenvalue weighted by atomic mass is 19.1. The molecular formula is C16H25FN2O4. The van der Waals surface area contributed by atoms with Gasteiger partial charge in [-0.15, -0.1) is 0 Å². The number of aliphatic hydroxyl groups is 1. The standard InChI is InChI=1S/C16H25FN2O4/c1-19(9-10-20)8-7-13(16(21)18-22)11-15(23-2)12-3-5-14(17)6-4-12/h3-6,13,15,20,22H,7-11H2,1-2H3,(H,18,21)/t13-,15+/m0/s1. The van der Waals surface area contributed by atoms with Crippen LogP contribution in [-0.2, 0) is 9.53 Å². The monoisotopic (exact) mass is 328 g/mol. The number of benzene rings is 1. The molecule has 0 unspecified atom stereocenters. The molecule has 2 atom stereocenters. The van der Waals surface area contributed by atoms with Crippen LogP contribution < -0.4 is 5.48 Å². The summed E-state index contributed by atoms with van der Waals surface area (Å²) in [6.07, 6.45) is 0.492. The fraction of sp³-hybridized carbons (Fsp3) is 0.562. The van der Waals surface area contributed by atoms with Crippen LogP contribution in [0.3, 0.4) is 0 Å². The number of halogens is 1. The first-order chi connectivity index (χ1) is 11.0. The zero-order valence-corrected chi connectivity index (χ0v) is 13.5. The van der Waals surface area contributed by atoms with Crippen molar-refractivity contribution < 1.29 is 24.2 Å². The Morgan fingerprint density at radius 3 is 2.52 bits per heavy atom. The van der Waals surface area contributed by atoms with Crippen molar-refractivity contribution in [2.75, 3.05) is 33.9 Å². The molecule has 0 heterocycles. The summed E-state index contributed by atoms with van der Waals surface area (Å²) in [4.78, 5) is 13.8. The summed E-state index contributed by atoms with van der Waals surface area (Å²) in [5.41, 5.74) is 2.46. The predicted octanol–water partition coefficient (Wildman–Crippen LogP) is 1.34. The van der Waals surface area contributed by atoms with Crippen LogP contribution in [0.2, 0.25) is 0 Å². The van der Waals surface area contributed by atoms with Gasteiger partial charge in [0.2, 0.25) is 5.91 Å². The molecule has 0 aromatic heterocycles. The van der Waals surface area contributed by atoms with E-state index < -0.39 is 11.8 Å². The molecule has 1 aromatic rings. The van der Waals surface area contributed by atoms with Gasteiger partial charge in [-0.05, 0) is 44.1 Å². The smallest absolute Gasteiger partial charge is 0.246 e. The SMILES string of the molecule is CO[C@H](C[C@H](CCN(C)CCO)C(=O)NO)c1ccc(F)cc1. The number of nitrogens with zero attached hydrogens (tertiary/aromatic N) is 1. The molecule has 0 bridgehead atoms. The van der Waals surface area contributed by atoms with Crippen LogP contribution in [-0.4, -0.2) is 55.0 Å². The van der Waals surface area contributed by atoms with Crippen LogP contribution in [0.1, 0.15) is 24.5 Å². The number of hydrogen-bond donors (Lipinski definition) is 3. The number of aliphatic hydroxyl groups excluding tert-OH is 1. The van der Waals surface area contributed by atoms with Gasteiger partial charge in [0, 0.05) is 19.6 Å². The Kier molecular flexibility index (Phi) is 8.71. The zero-order valence-electron chi connectivity index (χ0n) is 13.5. The third kappa shape index (κ3) is 6.62. The Bertz CT molecular complexity index is 470. The zero-order chi connectivity index (χ0) is 17.2. The molecule has 6 nitrogen and oxygen atoms in total. The number of hydrogen-bond acceptors (Lipinski definition) is 5. The molecule has 1 amide bonds. The van der Waals surface area contributed by atoms with Crippen LogP contribution in [0.25, 0.3) is 0 Å². The van der Waals surface area contributed by atoms with Gasteiger partial charge in [-0.3, -0.25) is 10.0 Å². The number of hydroxylamine groups is 1. The van der Waals surface area contributed by atoms with Crippen molar-refractivity contribution in [3.05, 3.63) is 35.6 Å². The molecule has 7 heteroatoms. The van der Waals surface area contributed by atoms with Gasteiger partial charge in [0.05, 0.1) is 12.7 Å². The van der Waals surface area contributed by atoms with E-state index >= 15 is 0 Å². The van der Waals surface area contributed by atoms with Gasteiger partial charge in [-0.1, -0.05) is 12.1 Å². The summed E-state index contributed by atoms with van der Waals surface area (Å²) in [7, 11) is 3.37. The van der Waals surface area contributed by atoms with E-state index in [9.17, 15) is 9.18 Å². The van der Waals surface area contributed by atoms with E-state index in [-0.39, 0.29) is 18.5 Å². The van der Waals surface area contributed by atoms with Crippen LogP contribution in [0.4, 0.5) is 4.39 Å². The van der Waals surface area contributed by atoms with Crippen molar-refractivity contribution in [3.63, 3.8) is 0 Å². The normalized spacial score (nSPS) is 13.8. The fourth-order valence-corrected chi connectivity index (χ4v) is 2.41. The van der Waals surface area contributed by atoms with E-state index in [1.165, 1.54) is 19.2 Å². The molecule has 0 fully saturated rings. The lowest BCUT2D eigenvalue weighted by Gasteiger charge is -2.24. The van der Waals surface area contributed by atoms with Gasteiger partial charge in [0.1, 0.15) is 5.82 Å². The van der Waals surface area contributed by atoms with Crippen LogP contribution in [0, 0.1) is 11.7 Å². The van der Waals surface area contributed by atoms with Gasteiger partial charge >= 0.3 is 0 Å². The first kappa shape index (κ1) is 19.5. The minimum Gasteiger partial charge on any atom is -0.395 e. The highest BCUT2D eigenvalue weighted by Crippen LogP contribution is 2.26. The number of amides is 1. The molecular weight excluding hydrogens is 303 g/mol. The molecule has 3 N–H and O–H groups in total. The quantitative estimate of drug-likeness (QED) is 0.446. The number of carbonyl (C=O) groups excluding carboxylic acids is 1. The maximum Gasteiger partial charge on any atom is 0.246 e. The number of rotatable bonds is 10. The molecule has 0 aliphatic rings. The summed E-state index contributed by atoms with van der Waals surface area (Å²) in [5, 5.41) is 17.8. The largest absolute Gasteiger partial charge is 0.395 e. The lowest BCUT2D eigenvalue weighted by atomic mass is 9.93.